The van der Waals surface area contributed by atoms with Crippen molar-refractivity contribution in [3.05, 3.63) is 36.2 Å². The van der Waals surface area contributed by atoms with Gasteiger partial charge in [0.1, 0.15) is 18.7 Å². The van der Waals surface area contributed by atoms with Gasteiger partial charge < -0.3 is 10.5 Å². The molecule has 0 saturated carbocycles. The lowest BCUT2D eigenvalue weighted by molar-refractivity contribution is 0.288. The van der Waals surface area contributed by atoms with E-state index >= 15 is 0 Å². The molecule has 2 N–H and O–H groups in total. The molecule has 0 fully saturated rings. The number of pyridine rings is 1. The van der Waals surface area contributed by atoms with Crippen LogP contribution in [0.5, 0.6) is 5.75 Å². The van der Waals surface area contributed by atoms with Crippen LogP contribution in [0.2, 0.25) is 0 Å². The predicted octanol–water partition coefficient (Wildman–Crippen LogP) is 0.290. The van der Waals surface area contributed by atoms with Crippen LogP contribution in [0.25, 0.3) is 0 Å². The number of rotatable bonds is 5. The number of nitrogens with zero attached hydrogens (tertiary/aromatic N) is 4. The SMILES string of the molecule is Cn1ncnc1COc1ccc(CCN)nc1. The van der Waals surface area contributed by atoms with Crippen LogP contribution < -0.4 is 10.5 Å². The summed E-state index contributed by atoms with van der Waals surface area (Å²) >= 11 is 0. The average Bonchev–Trinajstić information content (AvgIpc) is 2.75. The third kappa shape index (κ3) is 3.01. The summed E-state index contributed by atoms with van der Waals surface area (Å²) in [6.07, 6.45) is 3.98. The van der Waals surface area contributed by atoms with Gasteiger partial charge in [0.05, 0.1) is 6.20 Å². The van der Waals surface area contributed by atoms with Gasteiger partial charge >= 0.3 is 0 Å². The number of hydrogen-bond donors (Lipinski definition) is 1. The summed E-state index contributed by atoms with van der Waals surface area (Å²) in [7, 11) is 1.83. The van der Waals surface area contributed by atoms with Crippen LogP contribution in [0.4, 0.5) is 0 Å². The molecule has 0 aliphatic carbocycles. The third-order valence-corrected chi connectivity index (χ3v) is 2.37. The summed E-state index contributed by atoms with van der Waals surface area (Å²) in [6.45, 7) is 0.987. The zero-order valence-electron chi connectivity index (χ0n) is 9.71. The standard InChI is InChI=1S/C11H15N5O/c1-16-11(14-8-15-16)7-17-10-3-2-9(4-5-12)13-6-10/h2-3,6,8H,4-5,7,12H2,1H3. The van der Waals surface area contributed by atoms with E-state index in [1.165, 1.54) is 6.33 Å². The van der Waals surface area contributed by atoms with Crippen LogP contribution in [0, 0.1) is 0 Å². The minimum absolute atomic E-state index is 0.383. The van der Waals surface area contributed by atoms with Gasteiger partial charge in [-0.3, -0.25) is 9.67 Å². The monoisotopic (exact) mass is 233 g/mol. The van der Waals surface area contributed by atoms with Gasteiger partial charge in [0.15, 0.2) is 5.82 Å². The lowest BCUT2D eigenvalue weighted by Crippen LogP contribution is -2.06. The molecule has 0 atom stereocenters. The van der Waals surface area contributed by atoms with Gasteiger partial charge in [-0.05, 0) is 18.7 Å². The van der Waals surface area contributed by atoms with Crippen molar-refractivity contribution < 1.29 is 4.74 Å². The maximum Gasteiger partial charge on any atom is 0.164 e. The highest BCUT2D eigenvalue weighted by atomic mass is 16.5. The van der Waals surface area contributed by atoms with Crippen LogP contribution in [0.15, 0.2) is 24.7 Å². The van der Waals surface area contributed by atoms with Gasteiger partial charge in [0.25, 0.3) is 0 Å². The van der Waals surface area contributed by atoms with E-state index in [1.54, 1.807) is 10.9 Å². The Morgan fingerprint density at radius 2 is 2.24 bits per heavy atom. The number of ether oxygens (including phenoxy) is 1. The molecule has 2 aromatic heterocycles. The van der Waals surface area contributed by atoms with Crippen molar-refractivity contribution in [2.24, 2.45) is 12.8 Å². The molecule has 90 valence electrons. The van der Waals surface area contributed by atoms with E-state index in [9.17, 15) is 0 Å². The molecule has 0 aliphatic heterocycles. The first-order valence-corrected chi connectivity index (χ1v) is 5.40. The van der Waals surface area contributed by atoms with Crippen molar-refractivity contribution in [1.29, 1.82) is 0 Å². The molecule has 6 heteroatoms. The van der Waals surface area contributed by atoms with E-state index in [0.29, 0.717) is 18.9 Å². The molecule has 0 bridgehead atoms. The van der Waals surface area contributed by atoms with Crippen LogP contribution in [0.1, 0.15) is 11.5 Å². The molecule has 6 nitrogen and oxygen atoms in total. The molecule has 2 heterocycles. The summed E-state index contributed by atoms with van der Waals surface area (Å²) in [6, 6.07) is 3.80. The van der Waals surface area contributed by atoms with Crippen LogP contribution in [0.3, 0.4) is 0 Å². The van der Waals surface area contributed by atoms with Crippen molar-refractivity contribution in [2.75, 3.05) is 6.54 Å². The molecule has 0 aliphatic rings. The maximum absolute atomic E-state index is 5.55. The van der Waals surface area contributed by atoms with E-state index < -0.39 is 0 Å². The number of nitrogens with two attached hydrogens (primary N) is 1. The molecule has 0 amide bonds. The van der Waals surface area contributed by atoms with Gasteiger partial charge in [0.2, 0.25) is 0 Å². The fourth-order valence-corrected chi connectivity index (χ4v) is 1.39. The van der Waals surface area contributed by atoms with Crippen molar-refractivity contribution in [2.45, 2.75) is 13.0 Å². The van der Waals surface area contributed by atoms with Gasteiger partial charge in [-0.25, -0.2) is 4.98 Å². The van der Waals surface area contributed by atoms with Gasteiger partial charge in [-0.1, -0.05) is 0 Å². The Bertz CT molecular complexity index is 465. The number of aromatic nitrogens is 4. The van der Waals surface area contributed by atoms with E-state index in [4.69, 9.17) is 10.5 Å². The lowest BCUT2D eigenvalue weighted by Gasteiger charge is -2.05. The smallest absolute Gasteiger partial charge is 0.164 e. The Kier molecular flexibility index (Phi) is 3.66. The van der Waals surface area contributed by atoms with Crippen LogP contribution >= 0.6 is 0 Å². The number of aryl methyl sites for hydroxylation is 1. The average molecular weight is 233 g/mol. The molecule has 0 spiro atoms. The fourth-order valence-electron chi connectivity index (χ4n) is 1.39. The quantitative estimate of drug-likeness (QED) is 0.803. The minimum atomic E-state index is 0.383. The van der Waals surface area contributed by atoms with Crippen LogP contribution in [-0.2, 0) is 20.1 Å². The molecule has 17 heavy (non-hydrogen) atoms. The molecular weight excluding hydrogens is 218 g/mol. The van der Waals surface area contributed by atoms with Gasteiger partial charge in [-0.15, -0.1) is 0 Å². The largest absolute Gasteiger partial charge is 0.484 e. The minimum Gasteiger partial charge on any atom is -0.484 e. The molecule has 2 aromatic rings. The highest BCUT2D eigenvalue weighted by Gasteiger charge is 2.02. The summed E-state index contributed by atoms with van der Waals surface area (Å²) in [5.74, 6) is 1.49. The summed E-state index contributed by atoms with van der Waals surface area (Å²) in [4.78, 5) is 8.31. The first-order chi connectivity index (χ1) is 8.29. The Labute approximate surface area is 99.4 Å². The van der Waals surface area contributed by atoms with Gasteiger partial charge in [0, 0.05) is 19.2 Å². The Hall–Kier alpha value is -1.95. The van der Waals surface area contributed by atoms with E-state index in [1.807, 2.05) is 19.2 Å². The molecular formula is C11H15N5O. The Balaban J connectivity index is 1.93. The van der Waals surface area contributed by atoms with E-state index in [-0.39, 0.29) is 0 Å². The summed E-state index contributed by atoms with van der Waals surface area (Å²) in [5, 5.41) is 3.96. The number of hydrogen-bond acceptors (Lipinski definition) is 5. The highest BCUT2D eigenvalue weighted by Crippen LogP contribution is 2.10. The molecule has 0 aromatic carbocycles. The Morgan fingerprint density at radius 1 is 1.35 bits per heavy atom. The molecule has 2 rings (SSSR count). The highest BCUT2D eigenvalue weighted by molar-refractivity contribution is 5.20. The topological polar surface area (TPSA) is 78.8 Å². The molecule has 0 saturated heterocycles. The second-order valence-electron chi connectivity index (χ2n) is 3.61. The van der Waals surface area contributed by atoms with E-state index in [2.05, 4.69) is 15.1 Å². The molecule has 0 radical (unpaired) electrons. The van der Waals surface area contributed by atoms with Crippen molar-refractivity contribution in [1.82, 2.24) is 19.7 Å². The lowest BCUT2D eigenvalue weighted by atomic mass is 10.3. The zero-order chi connectivity index (χ0) is 12.1. The van der Waals surface area contributed by atoms with Crippen molar-refractivity contribution >= 4 is 0 Å². The molecule has 0 unspecified atom stereocenters. The fraction of sp³-hybridized carbons (Fsp3) is 0.364. The zero-order valence-corrected chi connectivity index (χ0v) is 9.71. The van der Waals surface area contributed by atoms with Crippen LogP contribution in [-0.4, -0.2) is 26.3 Å². The first kappa shape index (κ1) is 11.5. The predicted molar refractivity (Wildman–Crippen MR) is 62.3 cm³/mol. The second kappa shape index (κ2) is 5.40. The van der Waals surface area contributed by atoms with Gasteiger partial charge in [-0.2, -0.15) is 5.10 Å². The summed E-state index contributed by atoms with van der Waals surface area (Å²) in [5.41, 5.74) is 6.42. The second-order valence-corrected chi connectivity index (χ2v) is 3.61. The normalized spacial score (nSPS) is 10.5. The first-order valence-electron chi connectivity index (χ1n) is 5.40. The van der Waals surface area contributed by atoms with Crippen molar-refractivity contribution in [3.8, 4) is 5.75 Å². The van der Waals surface area contributed by atoms with E-state index in [0.717, 1.165) is 17.9 Å². The maximum atomic E-state index is 5.55. The van der Waals surface area contributed by atoms with Crippen molar-refractivity contribution in [3.63, 3.8) is 0 Å². The Morgan fingerprint density at radius 3 is 2.82 bits per heavy atom. The summed E-state index contributed by atoms with van der Waals surface area (Å²) < 4.78 is 7.22. The third-order valence-electron chi connectivity index (χ3n) is 2.37.